The Labute approximate surface area is 171 Å². The third-order valence-electron chi connectivity index (χ3n) is 6.06. The van der Waals surface area contributed by atoms with Crippen LogP contribution in [0, 0.1) is 5.82 Å². The Bertz CT molecular complexity index is 1160. The van der Waals surface area contributed by atoms with Gasteiger partial charge in [-0.15, -0.1) is 0 Å². The first-order valence-corrected chi connectivity index (χ1v) is 10.2. The van der Waals surface area contributed by atoms with E-state index in [-0.39, 0.29) is 29.9 Å². The van der Waals surface area contributed by atoms with Crippen molar-refractivity contribution in [2.45, 2.75) is 44.1 Å². The molecule has 29 heavy (non-hydrogen) atoms. The fourth-order valence-corrected chi connectivity index (χ4v) is 4.81. The van der Waals surface area contributed by atoms with Crippen LogP contribution in [0.3, 0.4) is 0 Å². The van der Waals surface area contributed by atoms with Crippen LogP contribution in [0.15, 0.2) is 36.4 Å². The number of halogens is 2. The van der Waals surface area contributed by atoms with Crippen LogP contribution in [0.2, 0.25) is 5.02 Å². The van der Waals surface area contributed by atoms with Crippen molar-refractivity contribution in [3.63, 3.8) is 0 Å². The molecule has 2 heterocycles. The van der Waals surface area contributed by atoms with Gasteiger partial charge in [0, 0.05) is 34.1 Å². The molecule has 0 bridgehead atoms. The lowest BCUT2D eigenvalue weighted by Crippen LogP contribution is -2.10. The lowest BCUT2D eigenvalue weighted by molar-refractivity contribution is -0.137. The van der Waals surface area contributed by atoms with Gasteiger partial charge in [0.1, 0.15) is 5.82 Å². The van der Waals surface area contributed by atoms with E-state index >= 15 is 0 Å². The molecule has 1 saturated carbocycles. The Morgan fingerprint density at radius 1 is 1.14 bits per heavy atom. The number of hydrogen-bond donors (Lipinski definition) is 1. The number of carboxylic acid groups (broad SMARTS) is 1. The number of carboxylic acids is 1. The van der Waals surface area contributed by atoms with E-state index in [9.17, 15) is 19.1 Å². The van der Waals surface area contributed by atoms with Crippen LogP contribution in [0.25, 0.3) is 10.9 Å². The minimum absolute atomic E-state index is 0.0432. The zero-order valence-electron chi connectivity index (χ0n) is 15.6. The summed E-state index contributed by atoms with van der Waals surface area (Å²) in [5.74, 6) is -1.38. The van der Waals surface area contributed by atoms with Gasteiger partial charge in [0.15, 0.2) is 5.78 Å². The molecule has 4 nitrogen and oxygen atoms in total. The fourth-order valence-electron chi connectivity index (χ4n) is 4.68. The van der Waals surface area contributed by atoms with Crippen LogP contribution in [-0.4, -0.2) is 21.4 Å². The zero-order chi connectivity index (χ0) is 20.3. The maximum absolute atomic E-state index is 14.4. The number of ketones is 1. The van der Waals surface area contributed by atoms with Crippen LogP contribution in [-0.2, 0) is 11.3 Å². The van der Waals surface area contributed by atoms with E-state index in [4.69, 9.17) is 11.6 Å². The predicted molar refractivity (Wildman–Crippen MR) is 108 cm³/mol. The molecule has 1 N–H and O–H groups in total. The molecule has 1 aliphatic heterocycles. The molecule has 0 spiro atoms. The van der Waals surface area contributed by atoms with Gasteiger partial charge in [0.05, 0.1) is 17.5 Å². The van der Waals surface area contributed by atoms with Gasteiger partial charge < -0.3 is 9.67 Å². The average Bonchev–Trinajstić information content (AvgIpc) is 3.37. The van der Waals surface area contributed by atoms with Crippen molar-refractivity contribution in [3.8, 4) is 0 Å². The average molecular weight is 412 g/mol. The van der Waals surface area contributed by atoms with E-state index in [1.165, 1.54) is 6.07 Å². The Balaban J connectivity index is 1.79. The van der Waals surface area contributed by atoms with E-state index in [1.807, 2.05) is 4.57 Å². The largest absolute Gasteiger partial charge is 0.481 e. The summed E-state index contributed by atoms with van der Waals surface area (Å²) in [6.07, 6.45) is 2.55. The van der Waals surface area contributed by atoms with Crippen LogP contribution in [0.5, 0.6) is 0 Å². The molecular formula is C23H19ClFNO3. The van der Waals surface area contributed by atoms with Gasteiger partial charge >= 0.3 is 5.97 Å². The van der Waals surface area contributed by atoms with Crippen molar-refractivity contribution in [2.24, 2.45) is 0 Å². The van der Waals surface area contributed by atoms with Crippen molar-refractivity contribution in [1.82, 2.24) is 4.57 Å². The zero-order valence-corrected chi connectivity index (χ0v) is 16.4. The number of carbonyl (C=O) groups is 2. The van der Waals surface area contributed by atoms with Crippen LogP contribution in [0.4, 0.5) is 4.39 Å². The maximum Gasteiger partial charge on any atom is 0.304 e. The number of nitrogens with zero attached hydrogens (tertiary/aromatic N) is 1. The van der Waals surface area contributed by atoms with Crippen LogP contribution < -0.4 is 0 Å². The normalized spacial score (nSPS) is 18.2. The molecule has 0 amide bonds. The number of aryl methyl sites for hydroxylation is 1. The quantitative estimate of drug-likeness (QED) is 0.563. The van der Waals surface area contributed by atoms with Gasteiger partial charge in [-0.25, -0.2) is 4.39 Å². The van der Waals surface area contributed by atoms with Crippen LogP contribution in [0.1, 0.15) is 64.7 Å². The summed E-state index contributed by atoms with van der Waals surface area (Å²) in [6.45, 7) is 0.589. The Morgan fingerprint density at radius 3 is 2.52 bits per heavy atom. The molecule has 1 atom stereocenters. The van der Waals surface area contributed by atoms with Crippen molar-refractivity contribution < 1.29 is 19.1 Å². The molecule has 5 rings (SSSR count). The topological polar surface area (TPSA) is 59.3 Å². The second-order valence-corrected chi connectivity index (χ2v) is 8.43. The summed E-state index contributed by atoms with van der Waals surface area (Å²) in [5.41, 5.74) is 3.33. The summed E-state index contributed by atoms with van der Waals surface area (Å²) < 4.78 is 16.4. The number of fused-ring (bicyclic) bond motifs is 3. The first-order valence-electron chi connectivity index (χ1n) is 9.81. The van der Waals surface area contributed by atoms with Crippen molar-refractivity contribution in [3.05, 3.63) is 69.6 Å². The molecule has 2 aliphatic rings. The number of benzene rings is 2. The summed E-state index contributed by atoms with van der Waals surface area (Å²) in [4.78, 5) is 25.0. The van der Waals surface area contributed by atoms with E-state index in [1.54, 1.807) is 30.3 Å². The Morgan fingerprint density at radius 2 is 1.86 bits per heavy atom. The van der Waals surface area contributed by atoms with Gasteiger partial charge in [0.2, 0.25) is 0 Å². The highest BCUT2D eigenvalue weighted by molar-refractivity contribution is 6.30. The molecule has 0 radical (unpaired) electrons. The highest BCUT2D eigenvalue weighted by Crippen LogP contribution is 2.48. The number of hydrogen-bond acceptors (Lipinski definition) is 2. The molecule has 148 valence electrons. The minimum Gasteiger partial charge on any atom is -0.481 e. The maximum atomic E-state index is 14.4. The van der Waals surface area contributed by atoms with Crippen molar-refractivity contribution in [2.75, 3.05) is 0 Å². The SMILES string of the molecule is O=C(O)CC1CCn2c1c(C(=O)c1ccc(Cl)cc1)c1c(C3CC3)cc(F)cc12. The fraction of sp³-hybridized carbons (Fsp3) is 0.304. The highest BCUT2D eigenvalue weighted by Gasteiger charge is 2.37. The Kier molecular flexibility index (Phi) is 4.24. The van der Waals surface area contributed by atoms with E-state index in [2.05, 4.69) is 0 Å². The lowest BCUT2D eigenvalue weighted by atomic mass is 9.90. The monoisotopic (exact) mass is 411 g/mol. The number of aromatic nitrogens is 1. The second-order valence-electron chi connectivity index (χ2n) is 7.99. The number of rotatable bonds is 5. The number of aliphatic carboxylic acids is 1. The van der Waals surface area contributed by atoms with Crippen molar-refractivity contribution in [1.29, 1.82) is 0 Å². The Hall–Kier alpha value is -2.66. The molecule has 0 saturated heterocycles. The molecule has 3 aromatic rings. The molecule has 1 aromatic heterocycles. The third-order valence-corrected chi connectivity index (χ3v) is 6.31. The highest BCUT2D eigenvalue weighted by atomic mass is 35.5. The molecule has 2 aromatic carbocycles. The molecule has 1 unspecified atom stereocenters. The first kappa shape index (κ1) is 18.4. The van der Waals surface area contributed by atoms with Gasteiger partial charge in [-0.2, -0.15) is 0 Å². The van der Waals surface area contributed by atoms with E-state index in [0.717, 1.165) is 29.5 Å². The first-order chi connectivity index (χ1) is 13.9. The molecular weight excluding hydrogens is 393 g/mol. The van der Waals surface area contributed by atoms with Gasteiger partial charge in [-0.3, -0.25) is 9.59 Å². The standard InChI is InChI=1S/C23H19ClFNO3/c24-15-5-3-13(4-6-15)23(29)21-20-17(12-1-2-12)10-16(25)11-18(20)26-8-7-14(22(21)26)9-19(27)28/h3-6,10-12,14H,1-2,7-9H2,(H,27,28). The lowest BCUT2D eigenvalue weighted by Gasteiger charge is -2.11. The summed E-state index contributed by atoms with van der Waals surface area (Å²) in [7, 11) is 0. The smallest absolute Gasteiger partial charge is 0.304 e. The molecule has 1 fully saturated rings. The summed E-state index contributed by atoms with van der Waals surface area (Å²) in [6, 6.07) is 9.73. The predicted octanol–water partition coefficient (Wildman–Crippen LogP) is 5.50. The van der Waals surface area contributed by atoms with E-state index in [0.29, 0.717) is 34.6 Å². The van der Waals surface area contributed by atoms with Crippen LogP contribution >= 0.6 is 11.6 Å². The summed E-state index contributed by atoms with van der Waals surface area (Å²) in [5, 5.41) is 10.7. The van der Waals surface area contributed by atoms with Gasteiger partial charge in [0.25, 0.3) is 0 Å². The minimum atomic E-state index is -0.896. The third kappa shape index (κ3) is 3.04. The van der Waals surface area contributed by atoms with E-state index < -0.39 is 5.97 Å². The summed E-state index contributed by atoms with van der Waals surface area (Å²) >= 11 is 5.98. The van der Waals surface area contributed by atoms with Crippen molar-refractivity contribution >= 4 is 34.3 Å². The van der Waals surface area contributed by atoms with Gasteiger partial charge in [-0.05, 0) is 67.1 Å². The number of carbonyl (C=O) groups excluding carboxylic acids is 1. The van der Waals surface area contributed by atoms with Gasteiger partial charge in [-0.1, -0.05) is 11.6 Å². The molecule has 6 heteroatoms. The molecule has 1 aliphatic carbocycles. The second kappa shape index (κ2) is 6.70.